The molecule has 4 aromatic carbocycles. The minimum absolute atomic E-state index is 0.0358. The van der Waals surface area contributed by atoms with Gasteiger partial charge in [0, 0.05) is 66.6 Å². The minimum Gasteiger partial charge on any atom is -0.497 e. The zero-order chi connectivity index (χ0) is 31.6. The largest absolute Gasteiger partial charge is 0.497 e. The average Bonchev–Trinajstić information content (AvgIpc) is 3.37. The molecule has 0 bridgehead atoms. The molecule has 45 heavy (non-hydrogen) atoms. The number of rotatable bonds is 9. The van der Waals surface area contributed by atoms with Gasteiger partial charge < -0.3 is 19.9 Å². The maximum Gasteiger partial charge on any atom is 0.262 e. The molecule has 1 fully saturated rings. The number of amides is 1. The molecule has 2 aliphatic rings. The molecule has 230 valence electrons. The van der Waals surface area contributed by atoms with Crippen LogP contribution in [0.2, 0.25) is 0 Å². The molecule has 2 heterocycles. The Balaban J connectivity index is 1.15. The number of anilines is 3. The number of sulfonamides is 1. The molecule has 2 N–H and O–H groups in total. The molecule has 6 rings (SSSR count). The van der Waals surface area contributed by atoms with Crippen LogP contribution in [0.3, 0.4) is 0 Å². The Bertz CT molecular complexity index is 1880. The number of ether oxygens (including phenoxy) is 1. The van der Waals surface area contributed by atoms with E-state index < -0.39 is 15.9 Å². The van der Waals surface area contributed by atoms with E-state index >= 15 is 0 Å². The number of ketones is 1. The van der Waals surface area contributed by atoms with E-state index in [1.165, 1.54) is 25.3 Å². The van der Waals surface area contributed by atoms with Gasteiger partial charge in [-0.2, -0.15) is 0 Å². The monoisotopic (exact) mass is 623 g/mol. The molecule has 1 amide bonds. The van der Waals surface area contributed by atoms with Gasteiger partial charge in [-0.15, -0.1) is 0 Å². The fraction of sp³-hybridized carbons (Fsp3) is 0.206. The van der Waals surface area contributed by atoms with Crippen molar-refractivity contribution < 1.29 is 22.7 Å². The summed E-state index contributed by atoms with van der Waals surface area (Å²) in [5.74, 6) is -0.710. The van der Waals surface area contributed by atoms with Crippen molar-refractivity contribution in [1.29, 1.82) is 0 Å². The summed E-state index contributed by atoms with van der Waals surface area (Å²) < 4.78 is 33.5. The highest BCUT2D eigenvalue weighted by Crippen LogP contribution is 2.34. The Morgan fingerprint density at radius 3 is 2.42 bits per heavy atom. The minimum atomic E-state index is -3.91. The van der Waals surface area contributed by atoms with Gasteiger partial charge in [-0.05, 0) is 67.2 Å². The van der Waals surface area contributed by atoms with Crippen molar-refractivity contribution >= 4 is 50.7 Å². The molecule has 0 spiro atoms. The van der Waals surface area contributed by atoms with Gasteiger partial charge in [0.2, 0.25) is 5.91 Å². The number of piperazine rings is 1. The molecule has 0 aromatic heterocycles. The first-order valence-corrected chi connectivity index (χ1v) is 16.0. The summed E-state index contributed by atoms with van der Waals surface area (Å²) in [7, 11) is -0.324. The van der Waals surface area contributed by atoms with Crippen LogP contribution >= 0.6 is 0 Å². The maximum absolute atomic E-state index is 13.4. The highest BCUT2D eigenvalue weighted by atomic mass is 32.2. The summed E-state index contributed by atoms with van der Waals surface area (Å²) in [5.41, 5.74) is 4.08. The second-order valence-corrected chi connectivity index (χ2v) is 12.7. The van der Waals surface area contributed by atoms with Crippen LogP contribution in [0.25, 0.3) is 0 Å². The van der Waals surface area contributed by atoms with Crippen molar-refractivity contribution in [3.8, 4) is 5.75 Å². The number of aliphatic imine (C=N–C) groups is 1. The van der Waals surface area contributed by atoms with Crippen LogP contribution in [0.5, 0.6) is 5.75 Å². The molecule has 2 aliphatic heterocycles. The van der Waals surface area contributed by atoms with Crippen molar-refractivity contribution in [2.45, 2.75) is 10.8 Å². The summed E-state index contributed by atoms with van der Waals surface area (Å²) in [6.45, 7) is 4.03. The first kappa shape index (κ1) is 30.0. The molecule has 0 saturated carbocycles. The van der Waals surface area contributed by atoms with E-state index in [0.717, 1.165) is 43.1 Å². The fourth-order valence-corrected chi connectivity index (χ4v) is 6.51. The van der Waals surface area contributed by atoms with Gasteiger partial charge in [-0.25, -0.2) is 8.42 Å². The number of carbonyl (C=O) groups excluding carboxylic acids is 2. The first-order valence-electron chi connectivity index (χ1n) is 14.5. The second-order valence-electron chi connectivity index (χ2n) is 11.0. The zero-order valence-corrected chi connectivity index (χ0v) is 25.8. The van der Waals surface area contributed by atoms with Gasteiger partial charge in [0.05, 0.1) is 17.7 Å². The molecule has 11 heteroatoms. The first-order chi connectivity index (χ1) is 21.7. The SMILES string of the molecule is COc1cccc(S(=O)(=O)Nc2cccc(C(=O)c3ccc4c(c3)NC(=O)C4C=Nc3ccc(N4CCN(C)CC4)cc3)c2)c1. The Morgan fingerprint density at radius 1 is 0.933 bits per heavy atom. The number of benzene rings is 4. The van der Waals surface area contributed by atoms with E-state index in [1.807, 2.05) is 12.1 Å². The zero-order valence-electron chi connectivity index (χ0n) is 24.9. The Morgan fingerprint density at radius 2 is 1.67 bits per heavy atom. The third-order valence-electron chi connectivity index (χ3n) is 8.01. The highest BCUT2D eigenvalue weighted by Gasteiger charge is 2.30. The molecule has 1 unspecified atom stereocenters. The molecular formula is C34H33N5O5S. The van der Waals surface area contributed by atoms with E-state index in [9.17, 15) is 18.0 Å². The van der Waals surface area contributed by atoms with Gasteiger partial charge in [-0.3, -0.25) is 19.3 Å². The number of likely N-dealkylation sites (N-methyl/N-ethyl adjacent to an activating group) is 1. The Kier molecular flexibility index (Phi) is 8.38. The van der Waals surface area contributed by atoms with Crippen molar-refractivity contribution in [2.75, 3.05) is 55.3 Å². The normalized spacial score (nSPS) is 16.8. The summed E-state index contributed by atoms with van der Waals surface area (Å²) in [4.78, 5) is 35.5. The maximum atomic E-state index is 13.4. The van der Waals surface area contributed by atoms with E-state index in [0.29, 0.717) is 22.6 Å². The lowest BCUT2D eigenvalue weighted by Crippen LogP contribution is -2.44. The number of hydrogen-bond donors (Lipinski definition) is 2. The van der Waals surface area contributed by atoms with Gasteiger partial charge in [0.25, 0.3) is 10.0 Å². The highest BCUT2D eigenvalue weighted by molar-refractivity contribution is 7.92. The topological polar surface area (TPSA) is 120 Å². The summed E-state index contributed by atoms with van der Waals surface area (Å²) in [6.07, 6.45) is 1.63. The molecule has 0 aliphatic carbocycles. The van der Waals surface area contributed by atoms with Crippen molar-refractivity contribution in [3.63, 3.8) is 0 Å². The van der Waals surface area contributed by atoms with Gasteiger partial charge in [0.1, 0.15) is 11.7 Å². The van der Waals surface area contributed by atoms with E-state index in [4.69, 9.17) is 4.74 Å². The standard InChI is InChI=1S/C34H33N5O5S/c1-38-15-17-39(18-16-38)27-12-10-25(11-13-27)35-22-31-30-14-9-24(20-32(30)36-34(31)41)33(40)23-5-3-6-26(19-23)37-45(42,43)29-8-4-7-28(21-29)44-2/h3-14,19-22,31,37H,15-18H2,1-2H3,(H,36,41). The molecule has 4 aromatic rings. The lowest BCUT2D eigenvalue weighted by atomic mass is 9.97. The number of hydrogen-bond acceptors (Lipinski definition) is 8. The number of fused-ring (bicyclic) bond motifs is 1. The van der Waals surface area contributed by atoms with Crippen LogP contribution in [0.4, 0.5) is 22.7 Å². The van der Waals surface area contributed by atoms with Gasteiger partial charge in [-0.1, -0.05) is 30.3 Å². The van der Waals surface area contributed by atoms with E-state index in [-0.39, 0.29) is 22.3 Å². The van der Waals surface area contributed by atoms with Crippen molar-refractivity contribution in [3.05, 3.63) is 108 Å². The quantitative estimate of drug-likeness (QED) is 0.201. The third-order valence-corrected chi connectivity index (χ3v) is 9.39. The average molecular weight is 624 g/mol. The number of nitrogens with one attached hydrogen (secondary N) is 2. The van der Waals surface area contributed by atoms with Crippen LogP contribution < -0.4 is 19.7 Å². The fourth-order valence-electron chi connectivity index (χ4n) is 5.42. The molecule has 1 atom stereocenters. The van der Waals surface area contributed by atoms with Crippen LogP contribution in [-0.2, 0) is 14.8 Å². The smallest absolute Gasteiger partial charge is 0.262 e. The molecule has 1 saturated heterocycles. The molecule has 0 radical (unpaired) electrons. The lowest BCUT2D eigenvalue weighted by Gasteiger charge is -2.34. The third kappa shape index (κ3) is 6.59. The van der Waals surface area contributed by atoms with Crippen LogP contribution in [-0.4, -0.2) is 71.6 Å². The summed E-state index contributed by atoms with van der Waals surface area (Å²) in [6, 6.07) is 25.5. The number of methoxy groups -OCH3 is 1. The van der Waals surface area contributed by atoms with Crippen LogP contribution in [0.1, 0.15) is 27.4 Å². The second kappa shape index (κ2) is 12.5. The van der Waals surface area contributed by atoms with Gasteiger partial charge in [0.15, 0.2) is 5.78 Å². The predicted octanol–water partition coefficient (Wildman–Crippen LogP) is 4.92. The van der Waals surface area contributed by atoms with Crippen molar-refractivity contribution in [2.24, 2.45) is 4.99 Å². The van der Waals surface area contributed by atoms with Crippen LogP contribution in [0.15, 0.2) is 101 Å². The molecular weight excluding hydrogens is 590 g/mol. The van der Waals surface area contributed by atoms with Crippen molar-refractivity contribution in [1.82, 2.24) is 4.90 Å². The lowest BCUT2D eigenvalue weighted by molar-refractivity contribution is -0.115. The Labute approximate surface area is 262 Å². The number of nitrogens with zero attached hydrogens (tertiary/aromatic N) is 3. The summed E-state index contributed by atoms with van der Waals surface area (Å²) in [5, 5.41) is 2.86. The van der Waals surface area contributed by atoms with E-state index in [1.54, 1.807) is 54.7 Å². The van der Waals surface area contributed by atoms with E-state index in [2.05, 4.69) is 44.0 Å². The summed E-state index contributed by atoms with van der Waals surface area (Å²) >= 11 is 0. The van der Waals surface area contributed by atoms with Crippen LogP contribution in [0, 0.1) is 0 Å². The number of carbonyl (C=O) groups is 2. The Hall–Kier alpha value is -5.00. The van der Waals surface area contributed by atoms with Gasteiger partial charge >= 0.3 is 0 Å². The molecule has 10 nitrogen and oxygen atoms in total. The predicted molar refractivity (Wildman–Crippen MR) is 176 cm³/mol.